The lowest BCUT2D eigenvalue weighted by Crippen LogP contribution is -2.24. The van der Waals surface area contributed by atoms with Gasteiger partial charge in [0.15, 0.2) is 0 Å². The molecule has 2 N–H and O–H groups in total. The van der Waals surface area contributed by atoms with E-state index in [0.717, 1.165) is 5.56 Å². The van der Waals surface area contributed by atoms with Gasteiger partial charge in [0.1, 0.15) is 6.26 Å². The molecule has 114 valence electrons. The van der Waals surface area contributed by atoms with Crippen molar-refractivity contribution in [1.29, 1.82) is 0 Å². The number of hydrogen-bond donors (Lipinski definition) is 2. The molecular formula is C14H19N3O3S. The van der Waals surface area contributed by atoms with E-state index in [1.165, 1.54) is 6.26 Å². The fourth-order valence-electron chi connectivity index (χ4n) is 1.69. The Bertz CT molecular complexity index is 649. The third kappa shape index (κ3) is 4.66. The molecule has 0 aliphatic carbocycles. The van der Waals surface area contributed by atoms with Gasteiger partial charge in [0.05, 0.1) is 17.1 Å². The third-order valence-corrected chi connectivity index (χ3v) is 4.30. The number of benzene rings is 1. The number of nitrogens with zero attached hydrogens (tertiary/aromatic N) is 1. The van der Waals surface area contributed by atoms with Gasteiger partial charge >= 0.3 is 0 Å². The zero-order valence-corrected chi connectivity index (χ0v) is 12.9. The van der Waals surface area contributed by atoms with Gasteiger partial charge in [-0.3, -0.25) is 0 Å². The predicted molar refractivity (Wildman–Crippen MR) is 78.9 cm³/mol. The van der Waals surface area contributed by atoms with Crippen molar-refractivity contribution in [2.45, 2.75) is 37.9 Å². The monoisotopic (exact) mass is 309 g/mol. The lowest BCUT2D eigenvalue weighted by atomic mass is 10.2. The van der Waals surface area contributed by atoms with Crippen molar-refractivity contribution >= 4 is 10.0 Å². The van der Waals surface area contributed by atoms with Crippen LogP contribution in [-0.4, -0.2) is 19.6 Å². The molecule has 0 saturated heterocycles. The van der Waals surface area contributed by atoms with Crippen LogP contribution in [-0.2, 0) is 23.1 Å². The zero-order valence-electron chi connectivity index (χ0n) is 12.0. The van der Waals surface area contributed by atoms with E-state index in [4.69, 9.17) is 0 Å². The van der Waals surface area contributed by atoms with E-state index in [1.54, 1.807) is 30.3 Å². The van der Waals surface area contributed by atoms with E-state index < -0.39 is 10.0 Å². The van der Waals surface area contributed by atoms with Crippen molar-refractivity contribution in [3.8, 4) is 0 Å². The Hall–Kier alpha value is -1.70. The summed E-state index contributed by atoms with van der Waals surface area (Å²) in [6.45, 7) is 4.94. The molecule has 21 heavy (non-hydrogen) atoms. The first-order valence-electron chi connectivity index (χ1n) is 6.68. The lowest BCUT2D eigenvalue weighted by Gasteiger charge is -2.09. The molecule has 0 fully saturated rings. The van der Waals surface area contributed by atoms with Crippen LogP contribution in [0.4, 0.5) is 0 Å². The molecule has 2 aromatic rings. The van der Waals surface area contributed by atoms with Crippen molar-refractivity contribution in [2.75, 3.05) is 0 Å². The van der Waals surface area contributed by atoms with Crippen LogP contribution in [0.25, 0.3) is 0 Å². The molecule has 0 saturated carbocycles. The van der Waals surface area contributed by atoms with Gasteiger partial charge in [0.2, 0.25) is 10.0 Å². The SMILES string of the molecule is CC(C)NCc1ccc(S(=O)(=O)NCc2ccon2)cc1. The fourth-order valence-corrected chi connectivity index (χ4v) is 2.69. The van der Waals surface area contributed by atoms with Crippen molar-refractivity contribution in [1.82, 2.24) is 15.2 Å². The van der Waals surface area contributed by atoms with Crippen LogP contribution >= 0.6 is 0 Å². The summed E-state index contributed by atoms with van der Waals surface area (Å²) in [5.74, 6) is 0. The summed E-state index contributed by atoms with van der Waals surface area (Å²) in [6, 6.07) is 8.81. The lowest BCUT2D eigenvalue weighted by molar-refractivity contribution is 0.411. The summed E-state index contributed by atoms with van der Waals surface area (Å²) in [5, 5.41) is 6.94. The normalized spacial score (nSPS) is 12.0. The molecule has 1 aromatic heterocycles. The highest BCUT2D eigenvalue weighted by atomic mass is 32.2. The second-order valence-electron chi connectivity index (χ2n) is 4.99. The Morgan fingerprint density at radius 1 is 1.14 bits per heavy atom. The average Bonchev–Trinajstić information content (AvgIpc) is 2.97. The molecule has 0 amide bonds. The van der Waals surface area contributed by atoms with E-state index in [0.29, 0.717) is 18.3 Å². The fraction of sp³-hybridized carbons (Fsp3) is 0.357. The molecule has 0 bridgehead atoms. The summed E-state index contributed by atoms with van der Waals surface area (Å²) < 4.78 is 31.4. The second kappa shape index (κ2) is 6.84. The first kappa shape index (κ1) is 15.7. The van der Waals surface area contributed by atoms with Gasteiger partial charge in [-0.05, 0) is 17.7 Å². The predicted octanol–water partition coefficient (Wildman–Crippen LogP) is 1.65. The van der Waals surface area contributed by atoms with Crippen LogP contribution in [0, 0.1) is 0 Å². The first-order chi connectivity index (χ1) is 9.97. The van der Waals surface area contributed by atoms with Crippen molar-refractivity contribution in [2.24, 2.45) is 0 Å². The third-order valence-electron chi connectivity index (χ3n) is 2.88. The average molecular weight is 309 g/mol. The zero-order chi connectivity index (χ0) is 15.3. The van der Waals surface area contributed by atoms with Crippen molar-refractivity contribution in [3.05, 3.63) is 47.9 Å². The number of nitrogens with one attached hydrogen (secondary N) is 2. The summed E-state index contributed by atoms with van der Waals surface area (Å²) in [4.78, 5) is 0.235. The Morgan fingerprint density at radius 2 is 1.86 bits per heavy atom. The molecule has 0 aliphatic rings. The summed E-state index contributed by atoms with van der Waals surface area (Å²) in [7, 11) is -3.54. The standard InChI is InChI=1S/C14H19N3O3S/c1-11(2)15-9-12-3-5-14(6-4-12)21(18,19)16-10-13-7-8-20-17-13/h3-8,11,15-16H,9-10H2,1-2H3. The quantitative estimate of drug-likeness (QED) is 0.812. The van der Waals surface area contributed by atoms with E-state index in [9.17, 15) is 8.42 Å². The van der Waals surface area contributed by atoms with Crippen LogP contribution in [0.15, 0.2) is 46.0 Å². The van der Waals surface area contributed by atoms with E-state index in [-0.39, 0.29) is 11.4 Å². The van der Waals surface area contributed by atoms with Crippen LogP contribution < -0.4 is 10.0 Å². The van der Waals surface area contributed by atoms with Crippen molar-refractivity contribution in [3.63, 3.8) is 0 Å². The maximum atomic E-state index is 12.1. The molecular weight excluding hydrogens is 290 g/mol. The van der Waals surface area contributed by atoms with Crippen LogP contribution in [0.2, 0.25) is 0 Å². The van der Waals surface area contributed by atoms with Gasteiger partial charge in [-0.25, -0.2) is 13.1 Å². The van der Waals surface area contributed by atoms with Gasteiger partial charge in [0, 0.05) is 18.7 Å². The molecule has 0 radical (unpaired) electrons. The van der Waals surface area contributed by atoms with Gasteiger partial charge in [-0.15, -0.1) is 0 Å². The molecule has 1 aromatic carbocycles. The topological polar surface area (TPSA) is 84.2 Å². The maximum Gasteiger partial charge on any atom is 0.240 e. The maximum absolute atomic E-state index is 12.1. The van der Waals surface area contributed by atoms with E-state index >= 15 is 0 Å². The molecule has 6 nitrogen and oxygen atoms in total. The summed E-state index contributed by atoms with van der Waals surface area (Å²) >= 11 is 0. The van der Waals surface area contributed by atoms with Gasteiger partial charge < -0.3 is 9.84 Å². The van der Waals surface area contributed by atoms with E-state index in [2.05, 4.69) is 33.6 Å². The van der Waals surface area contributed by atoms with Crippen LogP contribution in [0.1, 0.15) is 25.1 Å². The minimum atomic E-state index is -3.54. The Balaban J connectivity index is 1.99. The molecule has 0 aliphatic heterocycles. The smallest absolute Gasteiger partial charge is 0.240 e. The van der Waals surface area contributed by atoms with Gasteiger partial charge in [-0.1, -0.05) is 31.1 Å². The Labute approximate surface area is 124 Å². The Kier molecular flexibility index (Phi) is 5.11. The number of hydrogen-bond acceptors (Lipinski definition) is 5. The number of aromatic nitrogens is 1. The minimum Gasteiger partial charge on any atom is -0.364 e. The second-order valence-corrected chi connectivity index (χ2v) is 6.76. The van der Waals surface area contributed by atoms with Crippen LogP contribution in [0.3, 0.4) is 0 Å². The van der Waals surface area contributed by atoms with E-state index in [1.807, 2.05) is 0 Å². The number of sulfonamides is 1. The molecule has 7 heteroatoms. The highest BCUT2D eigenvalue weighted by Crippen LogP contribution is 2.11. The molecule has 2 rings (SSSR count). The highest BCUT2D eigenvalue weighted by molar-refractivity contribution is 7.89. The minimum absolute atomic E-state index is 0.107. The molecule has 1 heterocycles. The highest BCUT2D eigenvalue weighted by Gasteiger charge is 2.14. The summed E-state index contributed by atoms with van der Waals surface area (Å²) in [6.07, 6.45) is 1.40. The first-order valence-corrected chi connectivity index (χ1v) is 8.17. The molecule has 0 spiro atoms. The Morgan fingerprint density at radius 3 is 2.43 bits per heavy atom. The van der Waals surface area contributed by atoms with Crippen LogP contribution in [0.5, 0.6) is 0 Å². The molecule has 0 atom stereocenters. The number of rotatable bonds is 7. The largest absolute Gasteiger partial charge is 0.364 e. The van der Waals surface area contributed by atoms with Gasteiger partial charge in [-0.2, -0.15) is 0 Å². The van der Waals surface area contributed by atoms with Gasteiger partial charge in [0.25, 0.3) is 0 Å². The summed E-state index contributed by atoms with van der Waals surface area (Å²) in [5.41, 5.74) is 1.58. The molecule has 0 unspecified atom stereocenters. The van der Waals surface area contributed by atoms with Crippen molar-refractivity contribution < 1.29 is 12.9 Å².